The van der Waals surface area contributed by atoms with Crippen LogP contribution in [0.25, 0.3) is 0 Å². The third-order valence-corrected chi connectivity index (χ3v) is 3.28. The Morgan fingerprint density at radius 3 is 3.13 bits per heavy atom. The summed E-state index contributed by atoms with van der Waals surface area (Å²) < 4.78 is 0. The zero-order valence-corrected chi connectivity index (χ0v) is 10.1. The van der Waals surface area contributed by atoms with Gasteiger partial charge in [-0.25, -0.2) is 4.98 Å². The first kappa shape index (κ1) is 11.0. The fourth-order valence-corrected chi connectivity index (χ4v) is 2.16. The van der Waals surface area contributed by atoms with Crippen LogP contribution in [0.4, 0.5) is 0 Å². The molecular weight excluding hydrogens is 206 g/mol. The van der Waals surface area contributed by atoms with Crippen molar-refractivity contribution in [1.29, 1.82) is 0 Å². The molecular formula is C11H19N3S. The van der Waals surface area contributed by atoms with E-state index in [1.54, 1.807) is 11.3 Å². The summed E-state index contributed by atoms with van der Waals surface area (Å²) in [5.74, 6) is 0. The molecule has 0 radical (unpaired) electrons. The minimum Gasteiger partial charge on any atom is -0.314 e. The van der Waals surface area contributed by atoms with Crippen LogP contribution in [-0.4, -0.2) is 36.1 Å². The lowest BCUT2D eigenvalue weighted by Gasteiger charge is -2.15. The smallest absolute Gasteiger partial charge is 0.0795 e. The molecule has 3 nitrogen and oxygen atoms in total. The quantitative estimate of drug-likeness (QED) is 0.716. The highest BCUT2D eigenvalue weighted by Gasteiger charge is 2.19. The molecule has 4 heteroatoms. The highest BCUT2D eigenvalue weighted by atomic mass is 32.1. The Morgan fingerprint density at radius 2 is 2.47 bits per heavy atom. The predicted octanol–water partition coefficient (Wildman–Crippen LogP) is 1.72. The first-order valence-corrected chi connectivity index (χ1v) is 6.58. The van der Waals surface area contributed by atoms with Gasteiger partial charge in [-0.2, -0.15) is 0 Å². The molecule has 1 aliphatic rings. The molecule has 0 amide bonds. The fourth-order valence-electron chi connectivity index (χ4n) is 1.61. The van der Waals surface area contributed by atoms with Crippen molar-refractivity contribution in [3.05, 3.63) is 16.6 Å². The van der Waals surface area contributed by atoms with Gasteiger partial charge in [0.05, 0.1) is 11.2 Å². The van der Waals surface area contributed by atoms with Gasteiger partial charge in [-0.05, 0) is 39.4 Å². The van der Waals surface area contributed by atoms with Crippen LogP contribution in [0.5, 0.6) is 0 Å². The van der Waals surface area contributed by atoms with Crippen molar-refractivity contribution in [2.45, 2.75) is 31.8 Å². The number of nitrogens with zero attached hydrogens (tertiary/aromatic N) is 2. The second-order valence-corrected chi connectivity index (χ2v) is 5.02. The van der Waals surface area contributed by atoms with E-state index in [0.717, 1.165) is 25.7 Å². The standard InChI is InChI=1S/C11H19N3S/c1-14(7-11-8-15-9-13-11)6-2-5-12-10-3-4-10/h8-10,12H,2-7H2,1H3. The van der Waals surface area contributed by atoms with Gasteiger partial charge in [-0.15, -0.1) is 11.3 Å². The van der Waals surface area contributed by atoms with Crippen LogP contribution in [0.1, 0.15) is 25.0 Å². The maximum Gasteiger partial charge on any atom is 0.0795 e. The molecule has 1 aromatic rings. The third kappa shape index (κ3) is 4.28. The number of hydrogen-bond donors (Lipinski definition) is 1. The van der Waals surface area contributed by atoms with Crippen LogP contribution in [0, 0.1) is 0 Å². The van der Waals surface area contributed by atoms with E-state index in [-0.39, 0.29) is 0 Å². The molecule has 1 N–H and O–H groups in total. The van der Waals surface area contributed by atoms with Gasteiger partial charge < -0.3 is 10.2 Å². The lowest BCUT2D eigenvalue weighted by molar-refractivity contribution is 0.316. The molecule has 0 bridgehead atoms. The number of aromatic nitrogens is 1. The zero-order chi connectivity index (χ0) is 10.5. The molecule has 84 valence electrons. The van der Waals surface area contributed by atoms with Gasteiger partial charge >= 0.3 is 0 Å². The summed E-state index contributed by atoms with van der Waals surface area (Å²) in [5.41, 5.74) is 3.09. The number of hydrogen-bond acceptors (Lipinski definition) is 4. The maximum absolute atomic E-state index is 4.28. The van der Waals surface area contributed by atoms with Crippen LogP contribution in [-0.2, 0) is 6.54 Å². The predicted molar refractivity (Wildman–Crippen MR) is 64.1 cm³/mol. The molecule has 0 atom stereocenters. The van der Waals surface area contributed by atoms with Gasteiger partial charge in [0, 0.05) is 18.0 Å². The molecule has 15 heavy (non-hydrogen) atoms. The summed E-state index contributed by atoms with van der Waals surface area (Å²) in [6, 6.07) is 0.842. The second-order valence-electron chi connectivity index (χ2n) is 4.30. The van der Waals surface area contributed by atoms with E-state index < -0.39 is 0 Å². The molecule has 0 unspecified atom stereocenters. The van der Waals surface area contributed by atoms with E-state index >= 15 is 0 Å². The Kier molecular flexibility index (Phi) is 4.11. The SMILES string of the molecule is CN(CCCNC1CC1)Cc1cscn1. The Balaban J connectivity index is 1.53. The molecule has 0 saturated heterocycles. The number of thiazole rings is 1. The Hall–Kier alpha value is -0.450. The molecule has 1 aliphatic carbocycles. The van der Waals surface area contributed by atoms with Gasteiger partial charge in [0.1, 0.15) is 0 Å². The van der Waals surface area contributed by atoms with E-state index in [1.807, 2.05) is 5.51 Å². The zero-order valence-electron chi connectivity index (χ0n) is 9.28. The lowest BCUT2D eigenvalue weighted by atomic mass is 10.3. The van der Waals surface area contributed by atoms with E-state index in [4.69, 9.17) is 0 Å². The van der Waals surface area contributed by atoms with Gasteiger partial charge in [-0.3, -0.25) is 0 Å². The third-order valence-electron chi connectivity index (χ3n) is 2.64. The van der Waals surface area contributed by atoms with Crippen molar-refractivity contribution in [3.8, 4) is 0 Å². The maximum atomic E-state index is 4.28. The molecule has 0 spiro atoms. The Morgan fingerprint density at radius 1 is 1.60 bits per heavy atom. The Labute approximate surface area is 95.5 Å². The van der Waals surface area contributed by atoms with Gasteiger partial charge in [-0.1, -0.05) is 0 Å². The monoisotopic (exact) mass is 225 g/mol. The summed E-state index contributed by atoms with van der Waals surface area (Å²) in [4.78, 5) is 6.62. The molecule has 1 saturated carbocycles. The summed E-state index contributed by atoms with van der Waals surface area (Å²) in [5, 5.41) is 5.65. The van der Waals surface area contributed by atoms with E-state index in [0.29, 0.717) is 0 Å². The van der Waals surface area contributed by atoms with Crippen LogP contribution in [0.3, 0.4) is 0 Å². The average molecular weight is 225 g/mol. The number of rotatable bonds is 7. The van der Waals surface area contributed by atoms with Gasteiger partial charge in [0.15, 0.2) is 0 Å². The topological polar surface area (TPSA) is 28.2 Å². The van der Waals surface area contributed by atoms with Crippen LogP contribution < -0.4 is 5.32 Å². The van der Waals surface area contributed by atoms with Crippen LogP contribution in [0.2, 0.25) is 0 Å². The largest absolute Gasteiger partial charge is 0.314 e. The summed E-state index contributed by atoms with van der Waals surface area (Å²) in [6.45, 7) is 3.29. The van der Waals surface area contributed by atoms with Crippen molar-refractivity contribution in [3.63, 3.8) is 0 Å². The average Bonchev–Trinajstić information content (AvgIpc) is 2.91. The molecule has 1 heterocycles. The van der Waals surface area contributed by atoms with Crippen molar-refractivity contribution in [1.82, 2.24) is 15.2 Å². The highest BCUT2D eigenvalue weighted by Crippen LogP contribution is 2.18. The van der Waals surface area contributed by atoms with E-state index in [2.05, 4.69) is 27.6 Å². The number of nitrogens with one attached hydrogen (secondary N) is 1. The van der Waals surface area contributed by atoms with E-state index in [1.165, 1.54) is 25.0 Å². The van der Waals surface area contributed by atoms with Crippen molar-refractivity contribution in [2.24, 2.45) is 0 Å². The van der Waals surface area contributed by atoms with Crippen molar-refractivity contribution in [2.75, 3.05) is 20.1 Å². The van der Waals surface area contributed by atoms with Crippen LogP contribution in [0.15, 0.2) is 10.9 Å². The highest BCUT2D eigenvalue weighted by molar-refractivity contribution is 7.07. The van der Waals surface area contributed by atoms with Gasteiger partial charge in [0.2, 0.25) is 0 Å². The Bertz CT molecular complexity index is 269. The summed E-state index contributed by atoms with van der Waals surface area (Å²) in [7, 11) is 2.16. The molecule has 0 aliphatic heterocycles. The van der Waals surface area contributed by atoms with E-state index in [9.17, 15) is 0 Å². The first-order chi connectivity index (χ1) is 7.34. The molecule has 2 rings (SSSR count). The normalized spacial score (nSPS) is 16.1. The lowest BCUT2D eigenvalue weighted by Crippen LogP contribution is -2.24. The molecule has 1 fully saturated rings. The fraction of sp³-hybridized carbons (Fsp3) is 0.727. The van der Waals surface area contributed by atoms with Crippen molar-refractivity contribution >= 4 is 11.3 Å². The first-order valence-electron chi connectivity index (χ1n) is 5.63. The van der Waals surface area contributed by atoms with Crippen LogP contribution >= 0.6 is 11.3 Å². The second kappa shape index (κ2) is 5.58. The van der Waals surface area contributed by atoms with Crippen molar-refractivity contribution < 1.29 is 0 Å². The summed E-state index contributed by atoms with van der Waals surface area (Å²) in [6.07, 6.45) is 4.00. The minimum absolute atomic E-state index is 0.842. The molecule has 0 aromatic carbocycles. The summed E-state index contributed by atoms with van der Waals surface area (Å²) >= 11 is 1.67. The minimum atomic E-state index is 0.842. The molecule has 1 aromatic heterocycles. The van der Waals surface area contributed by atoms with Gasteiger partial charge in [0.25, 0.3) is 0 Å².